The fourth-order valence-corrected chi connectivity index (χ4v) is 5.71. The van der Waals surface area contributed by atoms with Crippen molar-refractivity contribution < 1.29 is 9.59 Å². The van der Waals surface area contributed by atoms with Gasteiger partial charge < -0.3 is 9.80 Å². The summed E-state index contributed by atoms with van der Waals surface area (Å²) in [7, 11) is 0. The van der Waals surface area contributed by atoms with Crippen LogP contribution < -0.4 is 5.56 Å². The molecule has 1 aliphatic heterocycles. The molecular weight excluding hydrogens is 412 g/mol. The van der Waals surface area contributed by atoms with Gasteiger partial charge in [0.1, 0.15) is 4.83 Å². The Labute approximate surface area is 187 Å². The maximum Gasteiger partial charge on any atom is 0.262 e. The molecule has 0 spiro atoms. The summed E-state index contributed by atoms with van der Waals surface area (Å²) in [4.78, 5) is 48.4. The monoisotopic (exact) mass is 444 g/mol. The summed E-state index contributed by atoms with van der Waals surface area (Å²) >= 11 is 1.65. The van der Waals surface area contributed by atoms with E-state index in [4.69, 9.17) is 0 Å². The van der Waals surface area contributed by atoms with Crippen molar-refractivity contribution >= 4 is 33.4 Å². The van der Waals surface area contributed by atoms with Crippen LogP contribution in [-0.2, 0) is 29.0 Å². The van der Waals surface area contributed by atoms with Gasteiger partial charge in [0.2, 0.25) is 11.8 Å². The number of amides is 2. The van der Waals surface area contributed by atoms with Crippen molar-refractivity contribution in [3.05, 3.63) is 27.1 Å². The molecule has 2 amide bonds. The molecule has 168 valence electrons. The molecule has 7 nitrogen and oxygen atoms in total. The fourth-order valence-electron chi connectivity index (χ4n) is 4.49. The normalized spacial score (nSPS) is 16.7. The van der Waals surface area contributed by atoms with Crippen molar-refractivity contribution in [1.82, 2.24) is 19.4 Å². The first-order valence-electron chi connectivity index (χ1n) is 11.5. The number of carbonyl (C=O) groups excluding carboxylic acids is 2. The number of thiophene rings is 1. The van der Waals surface area contributed by atoms with Crippen molar-refractivity contribution in [3.63, 3.8) is 0 Å². The van der Waals surface area contributed by atoms with Crippen molar-refractivity contribution in [3.8, 4) is 0 Å². The summed E-state index contributed by atoms with van der Waals surface area (Å²) in [5.41, 5.74) is 1.17. The first kappa shape index (κ1) is 22.0. The molecule has 3 heterocycles. The second-order valence-electron chi connectivity index (χ2n) is 9.08. The number of hydrogen-bond acceptors (Lipinski definition) is 5. The van der Waals surface area contributed by atoms with E-state index >= 15 is 0 Å². The Morgan fingerprint density at radius 1 is 1.03 bits per heavy atom. The van der Waals surface area contributed by atoms with Gasteiger partial charge in [-0.25, -0.2) is 4.98 Å². The van der Waals surface area contributed by atoms with Crippen LogP contribution in [-0.4, -0.2) is 57.3 Å². The summed E-state index contributed by atoms with van der Waals surface area (Å²) in [5, 5.41) is 0.767. The molecule has 2 aliphatic rings. The molecule has 0 saturated carbocycles. The van der Waals surface area contributed by atoms with E-state index in [0.717, 1.165) is 35.9 Å². The van der Waals surface area contributed by atoms with Gasteiger partial charge in [-0.1, -0.05) is 13.8 Å². The Morgan fingerprint density at radius 3 is 2.35 bits per heavy atom. The zero-order valence-electron chi connectivity index (χ0n) is 18.6. The van der Waals surface area contributed by atoms with Crippen LogP contribution in [0.3, 0.4) is 0 Å². The lowest BCUT2D eigenvalue weighted by Gasteiger charge is -2.35. The standard InChI is InChI=1S/C23H32N4O3S/c1-16(2)7-8-19(28)25-11-13-26(14-12-25)20(29)9-10-27-15-24-22-21(23(27)30)17-5-3-4-6-18(17)31-22/h15-16H,3-14H2,1-2H3. The van der Waals surface area contributed by atoms with Crippen molar-refractivity contribution in [2.75, 3.05) is 26.2 Å². The predicted molar refractivity (Wildman–Crippen MR) is 122 cm³/mol. The first-order valence-corrected chi connectivity index (χ1v) is 12.3. The molecule has 0 bridgehead atoms. The highest BCUT2D eigenvalue weighted by Crippen LogP contribution is 2.33. The van der Waals surface area contributed by atoms with E-state index < -0.39 is 0 Å². The van der Waals surface area contributed by atoms with E-state index in [0.29, 0.717) is 45.1 Å². The number of piperazine rings is 1. The number of fused-ring (bicyclic) bond motifs is 3. The number of rotatable bonds is 6. The second-order valence-corrected chi connectivity index (χ2v) is 10.2. The van der Waals surface area contributed by atoms with Crippen molar-refractivity contribution in [2.45, 2.75) is 65.3 Å². The molecule has 0 unspecified atom stereocenters. The molecule has 8 heteroatoms. The summed E-state index contributed by atoms with van der Waals surface area (Å²) in [5.74, 6) is 0.739. The van der Waals surface area contributed by atoms with Gasteiger partial charge in [0.05, 0.1) is 11.7 Å². The summed E-state index contributed by atoms with van der Waals surface area (Å²) < 4.78 is 1.59. The van der Waals surface area contributed by atoms with E-state index in [2.05, 4.69) is 18.8 Å². The molecule has 0 N–H and O–H groups in total. The molecule has 0 aromatic carbocycles. The van der Waals surface area contributed by atoms with Crippen LogP contribution in [0.25, 0.3) is 10.2 Å². The first-order chi connectivity index (χ1) is 14.9. The highest BCUT2D eigenvalue weighted by molar-refractivity contribution is 7.18. The highest BCUT2D eigenvalue weighted by atomic mass is 32.1. The SMILES string of the molecule is CC(C)CCC(=O)N1CCN(C(=O)CCn2cnc3sc4c(c3c2=O)CCCC4)CC1. The lowest BCUT2D eigenvalue weighted by molar-refractivity contribution is -0.139. The molecule has 0 atom stereocenters. The van der Waals surface area contributed by atoms with Crippen LogP contribution in [0.5, 0.6) is 0 Å². The Balaban J connectivity index is 1.33. The quantitative estimate of drug-likeness (QED) is 0.687. The van der Waals surface area contributed by atoms with E-state index in [1.54, 1.807) is 22.2 Å². The zero-order chi connectivity index (χ0) is 22.0. The average molecular weight is 445 g/mol. The minimum absolute atomic E-state index is 0.0160. The topological polar surface area (TPSA) is 75.5 Å². The smallest absolute Gasteiger partial charge is 0.262 e. The van der Waals surface area contributed by atoms with E-state index in [-0.39, 0.29) is 23.8 Å². The van der Waals surface area contributed by atoms with Gasteiger partial charge in [0, 0.05) is 50.4 Å². The third-order valence-electron chi connectivity index (χ3n) is 6.43. The molecule has 0 radical (unpaired) electrons. The minimum atomic E-state index is -0.0160. The van der Waals surface area contributed by atoms with Gasteiger partial charge in [-0.15, -0.1) is 11.3 Å². The van der Waals surface area contributed by atoms with Gasteiger partial charge in [0.15, 0.2) is 0 Å². The minimum Gasteiger partial charge on any atom is -0.339 e. The van der Waals surface area contributed by atoms with Gasteiger partial charge in [-0.2, -0.15) is 0 Å². The number of aromatic nitrogens is 2. The van der Waals surface area contributed by atoms with Crippen molar-refractivity contribution in [2.24, 2.45) is 5.92 Å². The lowest BCUT2D eigenvalue weighted by atomic mass is 9.97. The Kier molecular flexibility index (Phi) is 6.74. The molecule has 1 aliphatic carbocycles. The van der Waals surface area contributed by atoms with E-state index in [1.165, 1.54) is 16.9 Å². The maximum absolute atomic E-state index is 13.0. The third-order valence-corrected chi connectivity index (χ3v) is 7.63. The molecule has 31 heavy (non-hydrogen) atoms. The van der Waals surface area contributed by atoms with Crippen LogP contribution in [0.15, 0.2) is 11.1 Å². The lowest BCUT2D eigenvalue weighted by Crippen LogP contribution is -2.50. The Bertz CT molecular complexity index is 1020. The van der Waals surface area contributed by atoms with Gasteiger partial charge in [-0.3, -0.25) is 19.0 Å². The molecule has 2 aromatic rings. The van der Waals surface area contributed by atoms with Gasteiger partial charge >= 0.3 is 0 Å². The summed E-state index contributed by atoms with van der Waals surface area (Å²) in [6.45, 7) is 6.91. The summed E-state index contributed by atoms with van der Waals surface area (Å²) in [6.07, 6.45) is 7.65. The van der Waals surface area contributed by atoms with E-state index in [9.17, 15) is 14.4 Å². The van der Waals surface area contributed by atoms with Crippen LogP contribution in [0.1, 0.15) is 56.4 Å². The van der Waals surface area contributed by atoms with Crippen molar-refractivity contribution in [1.29, 1.82) is 0 Å². The van der Waals surface area contributed by atoms with Gasteiger partial charge in [0.25, 0.3) is 5.56 Å². The second kappa shape index (κ2) is 9.51. The number of hydrogen-bond donors (Lipinski definition) is 0. The molecular formula is C23H32N4O3S. The van der Waals surface area contributed by atoms with E-state index in [1.807, 2.05) is 9.80 Å². The fraction of sp³-hybridized carbons (Fsp3) is 0.652. The zero-order valence-corrected chi connectivity index (χ0v) is 19.4. The molecule has 1 saturated heterocycles. The Hall–Kier alpha value is -2.22. The van der Waals surface area contributed by atoms with Crippen LogP contribution in [0.2, 0.25) is 0 Å². The van der Waals surface area contributed by atoms with Crippen LogP contribution >= 0.6 is 11.3 Å². The predicted octanol–water partition coefficient (Wildman–Crippen LogP) is 2.83. The average Bonchev–Trinajstić information content (AvgIpc) is 3.16. The molecule has 1 fully saturated rings. The number of aryl methyl sites for hydroxylation is 3. The summed E-state index contributed by atoms with van der Waals surface area (Å²) in [6, 6.07) is 0. The number of nitrogens with zero attached hydrogens (tertiary/aromatic N) is 4. The third kappa shape index (κ3) is 4.84. The maximum atomic E-state index is 13.0. The van der Waals surface area contributed by atoms with Crippen LogP contribution in [0.4, 0.5) is 0 Å². The highest BCUT2D eigenvalue weighted by Gasteiger charge is 2.24. The number of carbonyl (C=O) groups is 2. The molecule has 4 rings (SSSR count). The largest absolute Gasteiger partial charge is 0.339 e. The Morgan fingerprint density at radius 2 is 1.68 bits per heavy atom. The van der Waals surface area contributed by atoms with Crippen LogP contribution in [0, 0.1) is 5.92 Å². The van der Waals surface area contributed by atoms with Gasteiger partial charge in [-0.05, 0) is 43.6 Å². The molecule has 2 aromatic heterocycles.